The molecule has 0 aliphatic rings. The van der Waals surface area contributed by atoms with Gasteiger partial charge in [0.2, 0.25) is 0 Å². The number of hydrogen-bond acceptors (Lipinski definition) is 1. The Bertz CT molecular complexity index is 36.0. The third-order valence-corrected chi connectivity index (χ3v) is 1.36. The fraction of sp³-hybridized carbons (Fsp3) is 1.00. The van der Waals surface area contributed by atoms with Crippen molar-refractivity contribution in [1.82, 2.24) is 0 Å². The number of unbranched alkanes of at least 4 members (excludes halogenated alkanes) is 3. The molecule has 0 saturated carbocycles. The number of alkyl halides is 1. The van der Waals surface area contributed by atoms with Crippen LogP contribution in [0.25, 0.3) is 0 Å². The van der Waals surface area contributed by atoms with Gasteiger partial charge in [0.25, 0.3) is 0 Å². The third kappa shape index (κ3) is 11.9. The van der Waals surface area contributed by atoms with Crippen LogP contribution in [-0.2, 0) is 0 Å². The van der Waals surface area contributed by atoms with Crippen LogP contribution >= 0.6 is 24.0 Å². The predicted molar refractivity (Wildman–Crippen MR) is 45.5 cm³/mol. The van der Waals surface area contributed by atoms with E-state index in [0.717, 1.165) is 25.3 Å². The molecular formula is C6H15Cl2N. The minimum absolute atomic E-state index is 0. The van der Waals surface area contributed by atoms with Crippen molar-refractivity contribution >= 4 is 24.0 Å². The Morgan fingerprint density at radius 3 is 2.00 bits per heavy atom. The molecule has 0 aliphatic heterocycles. The summed E-state index contributed by atoms with van der Waals surface area (Å²) in [4.78, 5) is 0. The van der Waals surface area contributed by atoms with Crippen LogP contribution in [0.15, 0.2) is 0 Å². The molecule has 1 nitrogen and oxygen atoms in total. The van der Waals surface area contributed by atoms with Gasteiger partial charge in [-0.3, -0.25) is 0 Å². The third-order valence-electron chi connectivity index (χ3n) is 1.09. The molecule has 58 valence electrons. The Morgan fingerprint density at radius 2 is 1.56 bits per heavy atom. The quantitative estimate of drug-likeness (QED) is 0.499. The van der Waals surface area contributed by atoms with Gasteiger partial charge in [-0.25, -0.2) is 0 Å². The Labute approximate surface area is 68.4 Å². The van der Waals surface area contributed by atoms with Gasteiger partial charge in [0.15, 0.2) is 0 Å². The molecule has 0 aromatic rings. The Kier molecular flexibility index (Phi) is 15.4. The normalized spacial score (nSPS) is 8.67. The van der Waals surface area contributed by atoms with Gasteiger partial charge in [0.1, 0.15) is 0 Å². The molecule has 0 aliphatic carbocycles. The van der Waals surface area contributed by atoms with Crippen LogP contribution in [-0.4, -0.2) is 12.4 Å². The lowest BCUT2D eigenvalue weighted by molar-refractivity contribution is 0.677. The zero-order chi connectivity index (χ0) is 6.24. The minimum Gasteiger partial charge on any atom is -0.330 e. The van der Waals surface area contributed by atoms with Crippen molar-refractivity contribution in [3.8, 4) is 0 Å². The van der Waals surface area contributed by atoms with E-state index >= 15 is 0 Å². The number of halogens is 2. The molecule has 0 spiro atoms. The van der Waals surface area contributed by atoms with Gasteiger partial charge in [-0.2, -0.15) is 0 Å². The van der Waals surface area contributed by atoms with Crippen LogP contribution < -0.4 is 5.73 Å². The highest BCUT2D eigenvalue weighted by atomic mass is 35.5. The van der Waals surface area contributed by atoms with E-state index in [0.29, 0.717) is 0 Å². The summed E-state index contributed by atoms with van der Waals surface area (Å²) in [6.45, 7) is 0.822. The van der Waals surface area contributed by atoms with Crippen LogP contribution in [0, 0.1) is 0 Å². The summed E-state index contributed by atoms with van der Waals surface area (Å²) in [5.74, 6) is 0.796. The van der Waals surface area contributed by atoms with Crippen LogP contribution in [0.2, 0.25) is 0 Å². The van der Waals surface area contributed by atoms with Crippen molar-refractivity contribution < 1.29 is 0 Å². The summed E-state index contributed by atoms with van der Waals surface area (Å²) in [5, 5.41) is 0. The van der Waals surface area contributed by atoms with Crippen molar-refractivity contribution in [2.45, 2.75) is 25.7 Å². The lowest BCUT2D eigenvalue weighted by atomic mass is 10.2. The Morgan fingerprint density at radius 1 is 1.00 bits per heavy atom. The lowest BCUT2D eigenvalue weighted by Gasteiger charge is -1.93. The standard InChI is InChI=1S/C6H14ClN.ClH/c7-5-3-1-2-4-6-8;/h1-6,8H2;1H. The first-order valence-corrected chi connectivity index (χ1v) is 3.71. The van der Waals surface area contributed by atoms with E-state index in [1.54, 1.807) is 0 Å². The second kappa shape index (κ2) is 11.4. The van der Waals surface area contributed by atoms with Gasteiger partial charge in [-0.1, -0.05) is 12.8 Å². The van der Waals surface area contributed by atoms with Crippen LogP contribution in [0.5, 0.6) is 0 Å². The molecule has 0 heterocycles. The summed E-state index contributed by atoms with van der Waals surface area (Å²) in [5.41, 5.74) is 5.28. The van der Waals surface area contributed by atoms with E-state index in [9.17, 15) is 0 Å². The fourth-order valence-corrected chi connectivity index (χ4v) is 0.781. The summed E-state index contributed by atoms with van der Waals surface area (Å²) < 4.78 is 0. The number of hydrogen-bond donors (Lipinski definition) is 1. The van der Waals surface area contributed by atoms with Crippen molar-refractivity contribution in [3.63, 3.8) is 0 Å². The smallest absolute Gasteiger partial charge is 0.0223 e. The monoisotopic (exact) mass is 171 g/mol. The molecule has 0 aromatic heterocycles. The summed E-state index contributed by atoms with van der Waals surface area (Å²) in [7, 11) is 0. The first kappa shape index (κ1) is 12.2. The van der Waals surface area contributed by atoms with Gasteiger partial charge in [0.05, 0.1) is 0 Å². The van der Waals surface area contributed by atoms with Gasteiger partial charge < -0.3 is 5.73 Å². The topological polar surface area (TPSA) is 26.0 Å². The van der Waals surface area contributed by atoms with Gasteiger partial charge in [0, 0.05) is 5.88 Å². The van der Waals surface area contributed by atoms with Crippen molar-refractivity contribution in [3.05, 3.63) is 0 Å². The van der Waals surface area contributed by atoms with Crippen LogP contribution in [0.3, 0.4) is 0 Å². The maximum absolute atomic E-state index is 5.45. The summed E-state index contributed by atoms with van der Waals surface area (Å²) in [6, 6.07) is 0. The maximum atomic E-state index is 5.45. The zero-order valence-corrected chi connectivity index (χ0v) is 7.18. The van der Waals surface area contributed by atoms with Gasteiger partial charge in [-0.15, -0.1) is 24.0 Å². The average molecular weight is 172 g/mol. The largest absolute Gasteiger partial charge is 0.330 e. The molecule has 2 N–H and O–H groups in total. The van der Waals surface area contributed by atoms with E-state index in [1.165, 1.54) is 12.8 Å². The second-order valence-electron chi connectivity index (χ2n) is 1.89. The number of nitrogens with two attached hydrogens (primary N) is 1. The van der Waals surface area contributed by atoms with E-state index in [-0.39, 0.29) is 12.4 Å². The second-order valence-corrected chi connectivity index (χ2v) is 2.27. The molecule has 9 heavy (non-hydrogen) atoms. The van der Waals surface area contributed by atoms with Crippen molar-refractivity contribution in [1.29, 1.82) is 0 Å². The molecule has 0 atom stereocenters. The number of rotatable bonds is 5. The molecule has 3 heteroatoms. The highest BCUT2D eigenvalue weighted by Crippen LogP contribution is 1.98. The molecule has 0 fully saturated rings. The SMILES string of the molecule is Cl.NCCCCCCCl. The van der Waals surface area contributed by atoms with Gasteiger partial charge >= 0.3 is 0 Å². The summed E-state index contributed by atoms with van der Waals surface area (Å²) >= 11 is 5.45. The molecule has 0 amide bonds. The van der Waals surface area contributed by atoms with Crippen molar-refractivity contribution in [2.75, 3.05) is 12.4 Å². The summed E-state index contributed by atoms with van der Waals surface area (Å²) in [6.07, 6.45) is 4.77. The molecule has 0 rings (SSSR count). The highest BCUT2D eigenvalue weighted by Gasteiger charge is 1.84. The van der Waals surface area contributed by atoms with Crippen LogP contribution in [0.1, 0.15) is 25.7 Å². The molecule has 0 aromatic carbocycles. The predicted octanol–water partition coefficient (Wildman–Crippen LogP) is 2.17. The van der Waals surface area contributed by atoms with Gasteiger partial charge in [-0.05, 0) is 19.4 Å². The van der Waals surface area contributed by atoms with Crippen molar-refractivity contribution in [2.24, 2.45) is 5.73 Å². The Balaban J connectivity index is 0. The van der Waals surface area contributed by atoms with E-state index in [1.807, 2.05) is 0 Å². The molecule has 0 bridgehead atoms. The lowest BCUT2D eigenvalue weighted by Crippen LogP contribution is -1.97. The average Bonchev–Trinajstić information content (AvgIpc) is 1.81. The van der Waals surface area contributed by atoms with Crippen LogP contribution in [0.4, 0.5) is 0 Å². The highest BCUT2D eigenvalue weighted by molar-refractivity contribution is 6.17. The Hall–Kier alpha value is 0.540. The van der Waals surface area contributed by atoms with E-state index in [2.05, 4.69) is 0 Å². The first-order chi connectivity index (χ1) is 3.91. The maximum Gasteiger partial charge on any atom is 0.0223 e. The molecular weight excluding hydrogens is 157 g/mol. The van der Waals surface area contributed by atoms with E-state index < -0.39 is 0 Å². The molecule has 0 unspecified atom stereocenters. The molecule has 0 saturated heterocycles. The zero-order valence-electron chi connectivity index (χ0n) is 5.61. The molecule has 0 radical (unpaired) electrons. The van der Waals surface area contributed by atoms with E-state index in [4.69, 9.17) is 17.3 Å². The minimum atomic E-state index is 0. The fourth-order valence-electron chi connectivity index (χ4n) is 0.592. The first-order valence-electron chi connectivity index (χ1n) is 3.18.